The summed E-state index contributed by atoms with van der Waals surface area (Å²) in [5.74, 6) is 0. The highest BCUT2D eigenvalue weighted by molar-refractivity contribution is 5.67. The molecule has 0 aliphatic carbocycles. The summed E-state index contributed by atoms with van der Waals surface area (Å²) in [5.41, 5.74) is -0.492. The van der Waals surface area contributed by atoms with Crippen LogP contribution in [0.3, 0.4) is 0 Å². The second-order valence-corrected chi connectivity index (χ2v) is 4.43. The number of carbonyl (C=O) groups excluding carboxylic acids is 1. The van der Waals surface area contributed by atoms with Crippen molar-refractivity contribution in [1.29, 1.82) is 0 Å². The van der Waals surface area contributed by atoms with Crippen molar-refractivity contribution in [1.82, 2.24) is 4.90 Å². The fraction of sp³-hybridized carbons (Fsp3) is 0.889. The number of epoxide rings is 1. The number of aliphatic hydroxyl groups is 1. The minimum Gasteiger partial charge on any atom is -0.444 e. The van der Waals surface area contributed by atoms with Crippen LogP contribution < -0.4 is 0 Å². The van der Waals surface area contributed by atoms with E-state index in [1.54, 1.807) is 27.8 Å². The molecule has 0 saturated carbocycles. The Morgan fingerprint density at radius 1 is 1.57 bits per heavy atom. The molecule has 2 unspecified atom stereocenters. The second kappa shape index (κ2) is 3.74. The zero-order chi connectivity index (χ0) is 10.9. The predicted octanol–water partition coefficient (Wildman–Crippen LogP) is 0.570. The van der Waals surface area contributed by atoms with Crippen LogP contribution in [0.1, 0.15) is 20.8 Å². The standard InChI is InChI=1S/C9H17NO4/c1-9(2,3)14-8(12)10(4)5-6-7(11)13-6/h6-7,11H,5H2,1-4H3. The van der Waals surface area contributed by atoms with Crippen molar-refractivity contribution in [2.45, 2.75) is 38.8 Å². The molecule has 0 aromatic heterocycles. The van der Waals surface area contributed by atoms with Crippen LogP contribution in [0.15, 0.2) is 0 Å². The smallest absolute Gasteiger partial charge is 0.410 e. The Hall–Kier alpha value is -0.810. The van der Waals surface area contributed by atoms with E-state index in [1.165, 1.54) is 4.90 Å². The molecule has 0 spiro atoms. The first-order valence-corrected chi connectivity index (χ1v) is 4.57. The zero-order valence-electron chi connectivity index (χ0n) is 8.98. The van der Waals surface area contributed by atoms with Crippen LogP contribution in [-0.4, -0.2) is 47.7 Å². The third-order valence-corrected chi connectivity index (χ3v) is 1.71. The topological polar surface area (TPSA) is 62.3 Å². The number of nitrogens with zero attached hydrogens (tertiary/aromatic N) is 1. The second-order valence-electron chi connectivity index (χ2n) is 4.43. The Morgan fingerprint density at radius 3 is 2.43 bits per heavy atom. The van der Waals surface area contributed by atoms with Crippen molar-refractivity contribution < 1.29 is 19.4 Å². The Balaban J connectivity index is 2.29. The van der Waals surface area contributed by atoms with Gasteiger partial charge in [-0.15, -0.1) is 0 Å². The first kappa shape index (κ1) is 11.3. The lowest BCUT2D eigenvalue weighted by Gasteiger charge is -2.24. The van der Waals surface area contributed by atoms with Crippen LogP contribution in [0.2, 0.25) is 0 Å². The summed E-state index contributed by atoms with van der Waals surface area (Å²) in [7, 11) is 1.61. The average Bonchev–Trinajstić information content (AvgIpc) is 2.62. The van der Waals surface area contributed by atoms with Crippen LogP contribution >= 0.6 is 0 Å². The zero-order valence-corrected chi connectivity index (χ0v) is 8.98. The molecule has 1 amide bonds. The van der Waals surface area contributed by atoms with Gasteiger partial charge in [0.15, 0.2) is 6.29 Å². The predicted molar refractivity (Wildman–Crippen MR) is 49.7 cm³/mol. The number of ether oxygens (including phenoxy) is 2. The molecule has 1 saturated heterocycles. The van der Waals surface area contributed by atoms with Crippen molar-refractivity contribution in [2.75, 3.05) is 13.6 Å². The van der Waals surface area contributed by atoms with Gasteiger partial charge in [-0.3, -0.25) is 0 Å². The highest BCUT2D eigenvalue weighted by atomic mass is 16.7. The molecule has 0 aromatic rings. The van der Waals surface area contributed by atoms with E-state index in [-0.39, 0.29) is 6.10 Å². The number of hydrogen-bond acceptors (Lipinski definition) is 4. The quantitative estimate of drug-likeness (QED) is 0.666. The maximum atomic E-state index is 11.4. The molecule has 1 fully saturated rings. The number of amides is 1. The maximum Gasteiger partial charge on any atom is 0.410 e. The highest BCUT2D eigenvalue weighted by Gasteiger charge is 2.39. The van der Waals surface area contributed by atoms with E-state index in [1.807, 2.05) is 0 Å². The van der Waals surface area contributed by atoms with Gasteiger partial charge in [0.2, 0.25) is 0 Å². The lowest BCUT2D eigenvalue weighted by molar-refractivity contribution is 0.0288. The van der Waals surface area contributed by atoms with E-state index in [2.05, 4.69) is 0 Å². The van der Waals surface area contributed by atoms with Gasteiger partial charge in [-0.1, -0.05) is 0 Å². The molecule has 5 nitrogen and oxygen atoms in total. The molecule has 5 heteroatoms. The summed E-state index contributed by atoms with van der Waals surface area (Å²) in [4.78, 5) is 12.8. The summed E-state index contributed by atoms with van der Waals surface area (Å²) in [6.07, 6.45) is -1.38. The molecule has 0 aromatic carbocycles. The molecule has 0 bridgehead atoms. The van der Waals surface area contributed by atoms with Crippen LogP contribution in [-0.2, 0) is 9.47 Å². The molecule has 1 aliphatic rings. The normalized spacial score (nSPS) is 25.8. The van der Waals surface area contributed by atoms with E-state index in [0.717, 1.165) is 0 Å². The monoisotopic (exact) mass is 203 g/mol. The lowest BCUT2D eigenvalue weighted by atomic mass is 10.2. The third-order valence-electron chi connectivity index (χ3n) is 1.71. The molecular formula is C9H17NO4. The Kier molecular flexibility index (Phi) is 3.01. The summed E-state index contributed by atoms with van der Waals surface area (Å²) >= 11 is 0. The molecule has 2 atom stereocenters. The molecule has 82 valence electrons. The molecule has 0 radical (unpaired) electrons. The van der Waals surface area contributed by atoms with E-state index in [0.29, 0.717) is 6.54 Å². The molecule has 1 heterocycles. The van der Waals surface area contributed by atoms with E-state index in [9.17, 15) is 4.79 Å². The number of aliphatic hydroxyl groups excluding tert-OH is 1. The van der Waals surface area contributed by atoms with Gasteiger partial charge in [-0.25, -0.2) is 4.79 Å². The number of hydrogen-bond donors (Lipinski definition) is 1. The van der Waals surface area contributed by atoms with Gasteiger partial charge in [0.1, 0.15) is 11.7 Å². The van der Waals surface area contributed by atoms with Gasteiger partial charge in [-0.05, 0) is 20.8 Å². The van der Waals surface area contributed by atoms with Crippen molar-refractivity contribution in [3.8, 4) is 0 Å². The summed E-state index contributed by atoms with van der Waals surface area (Å²) in [6, 6.07) is 0. The Bertz CT molecular complexity index is 223. The molecule has 1 rings (SSSR count). The van der Waals surface area contributed by atoms with Gasteiger partial charge in [-0.2, -0.15) is 0 Å². The van der Waals surface area contributed by atoms with Crippen LogP contribution in [0, 0.1) is 0 Å². The van der Waals surface area contributed by atoms with E-state index >= 15 is 0 Å². The van der Waals surface area contributed by atoms with E-state index in [4.69, 9.17) is 14.6 Å². The SMILES string of the molecule is CN(CC1OC1O)C(=O)OC(C)(C)C. The van der Waals surface area contributed by atoms with Gasteiger partial charge >= 0.3 is 6.09 Å². The Labute approximate surface area is 83.6 Å². The average molecular weight is 203 g/mol. The van der Waals surface area contributed by atoms with Crippen molar-refractivity contribution >= 4 is 6.09 Å². The fourth-order valence-electron chi connectivity index (χ4n) is 0.951. The van der Waals surface area contributed by atoms with Gasteiger partial charge in [0.05, 0.1) is 6.54 Å². The minimum atomic E-state index is -0.722. The molecule has 1 aliphatic heterocycles. The van der Waals surface area contributed by atoms with E-state index < -0.39 is 18.0 Å². The van der Waals surface area contributed by atoms with Crippen molar-refractivity contribution in [3.05, 3.63) is 0 Å². The summed E-state index contributed by atoms with van der Waals surface area (Å²) in [5, 5.41) is 8.89. The summed E-state index contributed by atoms with van der Waals surface area (Å²) < 4.78 is 9.89. The third kappa shape index (κ3) is 3.51. The van der Waals surface area contributed by atoms with Gasteiger partial charge in [0.25, 0.3) is 0 Å². The first-order chi connectivity index (χ1) is 6.29. The summed E-state index contributed by atoms with van der Waals surface area (Å²) in [6.45, 7) is 5.78. The Morgan fingerprint density at radius 2 is 2.07 bits per heavy atom. The molecule has 14 heavy (non-hydrogen) atoms. The number of rotatable bonds is 2. The van der Waals surface area contributed by atoms with Crippen molar-refractivity contribution in [2.24, 2.45) is 0 Å². The van der Waals surface area contributed by atoms with Gasteiger partial charge in [0, 0.05) is 7.05 Å². The molecule has 1 N–H and O–H groups in total. The number of carbonyl (C=O) groups is 1. The molecular weight excluding hydrogens is 186 g/mol. The van der Waals surface area contributed by atoms with Crippen LogP contribution in [0.5, 0.6) is 0 Å². The first-order valence-electron chi connectivity index (χ1n) is 4.57. The lowest BCUT2D eigenvalue weighted by Crippen LogP contribution is -2.36. The van der Waals surface area contributed by atoms with Crippen LogP contribution in [0.25, 0.3) is 0 Å². The number of likely N-dealkylation sites (N-methyl/N-ethyl adjacent to an activating group) is 1. The maximum absolute atomic E-state index is 11.4. The van der Waals surface area contributed by atoms with Gasteiger partial charge < -0.3 is 19.5 Å². The van der Waals surface area contributed by atoms with Crippen LogP contribution in [0.4, 0.5) is 4.79 Å². The minimum absolute atomic E-state index is 0.257. The van der Waals surface area contributed by atoms with Crippen molar-refractivity contribution in [3.63, 3.8) is 0 Å². The fourth-order valence-corrected chi connectivity index (χ4v) is 0.951. The highest BCUT2D eigenvalue weighted by Crippen LogP contribution is 2.20. The largest absolute Gasteiger partial charge is 0.444 e.